The second kappa shape index (κ2) is 4.32. The zero-order chi connectivity index (χ0) is 10.6. The average molecular weight is 191 g/mol. The smallest absolute Gasteiger partial charge is 0.270 e. The molecule has 0 saturated heterocycles. The van der Waals surface area contributed by atoms with Crippen LogP contribution in [0, 0.1) is 10.1 Å². The zero-order valence-electron chi connectivity index (χ0n) is 7.64. The third-order valence-corrected chi connectivity index (χ3v) is 1.66. The van der Waals surface area contributed by atoms with Gasteiger partial charge in [0.15, 0.2) is 0 Å². The molecule has 0 atom stereocenters. The Morgan fingerprint density at radius 1 is 1.50 bits per heavy atom. The summed E-state index contributed by atoms with van der Waals surface area (Å²) in [5, 5.41) is 10.4. The number of aldehydes is 1. The molecule has 0 heterocycles. The van der Waals surface area contributed by atoms with Crippen LogP contribution >= 0.6 is 0 Å². The highest BCUT2D eigenvalue weighted by molar-refractivity contribution is 5.80. The number of carbonyl (C=O) groups is 1. The summed E-state index contributed by atoms with van der Waals surface area (Å²) < 4.78 is 0. The summed E-state index contributed by atoms with van der Waals surface area (Å²) in [5.41, 5.74) is 1.21. The van der Waals surface area contributed by atoms with Crippen LogP contribution in [0.3, 0.4) is 0 Å². The van der Waals surface area contributed by atoms with Crippen LogP contribution in [-0.2, 0) is 4.79 Å². The number of carbonyl (C=O) groups excluding carboxylic acids is 1. The van der Waals surface area contributed by atoms with E-state index in [1.807, 2.05) is 0 Å². The highest BCUT2D eigenvalue weighted by atomic mass is 16.6. The van der Waals surface area contributed by atoms with Gasteiger partial charge in [-0.3, -0.25) is 14.9 Å². The quantitative estimate of drug-likeness (QED) is 0.318. The maximum absolute atomic E-state index is 10.4. The van der Waals surface area contributed by atoms with Crippen LogP contribution in [-0.4, -0.2) is 11.2 Å². The minimum atomic E-state index is -0.465. The highest BCUT2D eigenvalue weighted by Crippen LogP contribution is 2.14. The van der Waals surface area contributed by atoms with E-state index in [2.05, 4.69) is 0 Å². The molecule has 0 N–H and O–H groups in total. The van der Waals surface area contributed by atoms with Crippen molar-refractivity contribution >= 4 is 18.0 Å². The first-order valence-electron chi connectivity index (χ1n) is 4.01. The van der Waals surface area contributed by atoms with E-state index in [1.165, 1.54) is 12.1 Å². The molecule has 0 aliphatic carbocycles. The van der Waals surface area contributed by atoms with Crippen molar-refractivity contribution in [1.29, 1.82) is 0 Å². The Hall–Kier alpha value is -1.97. The summed E-state index contributed by atoms with van der Waals surface area (Å²) in [7, 11) is 0. The molecule has 1 rings (SSSR count). The second-order valence-corrected chi connectivity index (χ2v) is 2.86. The third-order valence-electron chi connectivity index (χ3n) is 1.66. The molecule has 0 amide bonds. The monoisotopic (exact) mass is 191 g/mol. The van der Waals surface area contributed by atoms with Crippen molar-refractivity contribution in [3.05, 3.63) is 45.5 Å². The first-order chi connectivity index (χ1) is 6.63. The van der Waals surface area contributed by atoms with E-state index < -0.39 is 4.92 Å². The van der Waals surface area contributed by atoms with Gasteiger partial charge in [0.2, 0.25) is 0 Å². The molecule has 0 fully saturated rings. The normalized spacial score (nSPS) is 11.1. The van der Waals surface area contributed by atoms with E-state index in [0.29, 0.717) is 17.4 Å². The maximum Gasteiger partial charge on any atom is 0.270 e. The summed E-state index contributed by atoms with van der Waals surface area (Å²) in [6.45, 7) is 1.64. The lowest BCUT2D eigenvalue weighted by atomic mass is 10.1. The van der Waals surface area contributed by atoms with Crippen molar-refractivity contribution in [2.45, 2.75) is 6.92 Å². The molecule has 14 heavy (non-hydrogen) atoms. The van der Waals surface area contributed by atoms with Crippen LogP contribution in [0.5, 0.6) is 0 Å². The Morgan fingerprint density at radius 2 is 2.21 bits per heavy atom. The summed E-state index contributed by atoms with van der Waals surface area (Å²) >= 11 is 0. The number of hydrogen-bond acceptors (Lipinski definition) is 3. The van der Waals surface area contributed by atoms with Gasteiger partial charge in [-0.1, -0.05) is 12.1 Å². The molecular formula is C10H9NO3. The molecule has 1 aromatic carbocycles. The molecule has 0 saturated carbocycles. The first kappa shape index (κ1) is 10.1. The van der Waals surface area contributed by atoms with Crippen molar-refractivity contribution in [3.8, 4) is 0 Å². The predicted molar refractivity (Wildman–Crippen MR) is 52.8 cm³/mol. The van der Waals surface area contributed by atoms with Crippen molar-refractivity contribution in [3.63, 3.8) is 0 Å². The van der Waals surface area contributed by atoms with Crippen molar-refractivity contribution in [1.82, 2.24) is 0 Å². The standard InChI is InChI=1S/C10H9NO3/c1-8(7-12)5-9-3-2-4-10(6-9)11(13)14/h2-7H,1H3/b8-5-. The minimum Gasteiger partial charge on any atom is -0.298 e. The van der Waals surface area contributed by atoms with Crippen LogP contribution in [0.15, 0.2) is 29.8 Å². The van der Waals surface area contributed by atoms with Crippen LogP contribution in [0.2, 0.25) is 0 Å². The number of nitro benzene ring substituents is 1. The number of non-ortho nitro benzene ring substituents is 1. The summed E-state index contributed by atoms with van der Waals surface area (Å²) in [6.07, 6.45) is 2.30. The molecule has 0 aromatic heterocycles. The highest BCUT2D eigenvalue weighted by Gasteiger charge is 2.03. The van der Waals surface area contributed by atoms with Gasteiger partial charge in [0.25, 0.3) is 5.69 Å². The van der Waals surface area contributed by atoms with Gasteiger partial charge < -0.3 is 0 Å². The van der Waals surface area contributed by atoms with E-state index >= 15 is 0 Å². The van der Waals surface area contributed by atoms with Crippen molar-refractivity contribution in [2.24, 2.45) is 0 Å². The Balaban J connectivity index is 3.06. The third kappa shape index (κ3) is 2.52. The van der Waals surface area contributed by atoms with Gasteiger partial charge in [-0.15, -0.1) is 0 Å². The van der Waals surface area contributed by atoms with Crippen LogP contribution in [0.25, 0.3) is 6.08 Å². The fourth-order valence-electron chi connectivity index (χ4n) is 1.03. The number of nitrogens with zero attached hydrogens (tertiary/aromatic N) is 1. The van der Waals surface area contributed by atoms with Gasteiger partial charge in [-0.25, -0.2) is 0 Å². The molecule has 4 heteroatoms. The summed E-state index contributed by atoms with van der Waals surface area (Å²) in [5.74, 6) is 0. The van der Waals surface area contributed by atoms with Gasteiger partial charge in [0.1, 0.15) is 6.29 Å². The molecule has 1 aromatic rings. The van der Waals surface area contributed by atoms with Gasteiger partial charge in [0, 0.05) is 12.1 Å². The van der Waals surface area contributed by atoms with Crippen molar-refractivity contribution < 1.29 is 9.72 Å². The van der Waals surface area contributed by atoms with E-state index in [0.717, 1.165) is 0 Å². The molecule has 0 radical (unpaired) electrons. The molecule has 0 unspecified atom stereocenters. The fourth-order valence-corrected chi connectivity index (χ4v) is 1.03. The van der Waals surface area contributed by atoms with Gasteiger partial charge in [-0.05, 0) is 24.1 Å². The van der Waals surface area contributed by atoms with Crippen LogP contribution < -0.4 is 0 Å². The topological polar surface area (TPSA) is 60.2 Å². The summed E-state index contributed by atoms with van der Waals surface area (Å²) in [4.78, 5) is 20.3. The molecule has 0 aliphatic rings. The molecule has 0 bridgehead atoms. The Kier molecular flexibility index (Phi) is 3.12. The van der Waals surface area contributed by atoms with E-state index in [-0.39, 0.29) is 5.69 Å². The number of nitro groups is 1. The lowest BCUT2D eigenvalue weighted by Crippen LogP contribution is -1.87. The average Bonchev–Trinajstić information content (AvgIpc) is 2.18. The van der Waals surface area contributed by atoms with E-state index in [1.54, 1.807) is 25.1 Å². The van der Waals surface area contributed by atoms with Crippen LogP contribution in [0.4, 0.5) is 5.69 Å². The molecular weight excluding hydrogens is 182 g/mol. The molecule has 72 valence electrons. The zero-order valence-corrected chi connectivity index (χ0v) is 7.64. The van der Waals surface area contributed by atoms with Gasteiger partial charge in [-0.2, -0.15) is 0 Å². The molecule has 0 aliphatic heterocycles. The largest absolute Gasteiger partial charge is 0.298 e. The predicted octanol–water partition coefficient (Wildman–Crippen LogP) is 2.20. The van der Waals surface area contributed by atoms with Crippen LogP contribution in [0.1, 0.15) is 12.5 Å². The Bertz CT molecular complexity index is 396. The SMILES string of the molecule is C/C(C=O)=C/c1cccc([N+](=O)[O-])c1. The molecule has 4 nitrogen and oxygen atoms in total. The summed E-state index contributed by atoms with van der Waals surface area (Å²) in [6, 6.07) is 6.13. The lowest BCUT2D eigenvalue weighted by Gasteiger charge is -1.94. The Morgan fingerprint density at radius 3 is 2.79 bits per heavy atom. The number of rotatable bonds is 3. The molecule has 0 spiro atoms. The minimum absolute atomic E-state index is 0.0254. The fraction of sp³-hybridized carbons (Fsp3) is 0.100. The van der Waals surface area contributed by atoms with E-state index in [4.69, 9.17) is 0 Å². The second-order valence-electron chi connectivity index (χ2n) is 2.86. The Labute approximate surface area is 81.0 Å². The first-order valence-corrected chi connectivity index (χ1v) is 4.01. The number of hydrogen-bond donors (Lipinski definition) is 0. The van der Waals surface area contributed by atoms with E-state index in [9.17, 15) is 14.9 Å². The van der Waals surface area contributed by atoms with Crippen molar-refractivity contribution in [2.75, 3.05) is 0 Å². The maximum atomic E-state index is 10.4. The number of benzene rings is 1. The van der Waals surface area contributed by atoms with Gasteiger partial charge in [0.05, 0.1) is 4.92 Å². The van der Waals surface area contributed by atoms with Gasteiger partial charge >= 0.3 is 0 Å². The number of allylic oxidation sites excluding steroid dienone is 1. The lowest BCUT2D eigenvalue weighted by molar-refractivity contribution is -0.384.